The largest absolute Gasteiger partial charge is 0.305 e. The van der Waals surface area contributed by atoms with Gasteiger partial charge in [0.1, 0.15) is 0 Å². The van der Waals surface area contributed by atoms with Crippen LogP contribution in [-0.2, 0) is 6.54 Å². The first-order valence-corrected chi connectivity index (χ1v) is 8.21. The third-order valence-corrected chi connectivity index (χ3v) is 4.76. The molecule has 0 amide bonds. The van der Waals surface area contributed by atoms with Crippen molar-refractivity contribution >= 4 is 11.3 Å². The monoisotopic (exact) mass is 312 g/mol. The first-order valence-electron chi connectivity index (χ1n) is 7.40. The molecule has 22 heavy (non-hydrogen) atoms. The van der Waals surface area contributed by atoms with E-state index in [0.717, 1.165) is 18.1 Å². The van der Waals surface area contributed by atoms with E-state index in [2.05, 4.69) is 48.3 Å². The summed E-state index contributed by atoms with van der Waals surface area (Å²) >= 11 is 1.84. The number of hydrogen-bond donors (Lipinski definition) is 1. The van der Waals surface area contributed by atoms with Crippen molar-refractivity contribution in [3.63, 3.8) is 0 Å². The maximum atomic E-state index is 4.48. The van der Waals surface area contributed by atoms with E-state index in [1.807, 2.05) is 40.4 Å². The van der Waals surface area contributed by atoms with E-state index in [1.54, 1.807) is 6.20 Å². The van der Waals surface area contributed by atoms with Gasteiger partial charge in [0.2, 0.25) is 0 Å². The minimum absolute atomic E-state index is 0.250. The molecule has 0 aliphatic rings. The molecule has 5 heteroatoms. The maximum Gasteiger partial charge on any atom is 0.153 e. The summed E-state index contributed by atoms with van der Waals surface area (Å²) in [6, 6.07) is 10.5. The summed E-state index contributed by atoms with van der Waals surface area (Å²) in [6.07, 6.45) is 3.72. The molecule has 0 aliphatic heterocycles. The van der Waals surface area contributed by atoms with E-state index in [-0.39, 0.29) is 6.04 Å². The van der Waals surface area contributed by atoms with E-state index < -0.39 is 0 Å². The van der Waals surface area contributed by atoms with E-state index in [1.165, 1.54) is 15.3 Å². The Labute approximate surface area is 134 Å². The molecule has 1 N–H and O–H groups in total. The predicted molar refractivity (Wildman–Crippen MR) is 90.4 cm³/mol. The molecular formula is C17H20N4S. The molecule has 0 bridgehead atoms. The molecule has 0 aliphatic carbocycles. The van der Waals surface area contributed by atoms with Gasteiger partial charge in [0, 0.05) is 39.8 Å². The van der Waals surface area contributed by atoms with E-state index in [9.17, 15) is 0 Å². The lowest BCUT2D eigenvalue weighted by molar-refractivity contribution is 0.575. The van der Waals surface area contributed by atoms with Gasteiger partial charge in [-0.25, -0.2) is 9.67 Å². The van der Waals surface area contributed by atoms with Crippen molar-refractivity contribution in [2.24, 2.45) is 0 Å². The summed E-state index contributed by atoms with van der Waals surface area (Å²) in [5.41, 5.74) is 2.33. The zero-order valence-electron chi connectivity index (χ0n) is 13.1. The summed E-state index contributed by atoms with van der Waals surface area (Å²) in [5.74, 6) is 0.854. The van der Waals surface area contributed by atoms with E-state index in [4.69, 9.17) is 0 Å². The van der Waals surface area contributed by atoms with Gasteiger partial charge in [-0.05, 0) is 45.0 Å². The molecular weight excluding hydrogens is 292 g/mol. The van der Waals surface area contributed by atoms with Gasteiger partial charge < -0.3 is 5.32 Å². The fraction of sp³-hybridized carbons (Fsp3) is 0.294. The first kappa shape index (κ1) is 14.9. The molecule has 0 saturated heterocycles. The molecule has 0 spiro atoms. The van der Waals surface area contributed by atoms with Crippen LogP contribution in [0.4, 0.5) is 0 Å². The number of nitrogens with zero attached hydrogens (tertiary/aromatic N) is 3. The van der Waals surface area contributed by atoms with E-state index in [0.29, 0.717) is 0 Å². The highest BCUT2D eigenvalue weighted by Gasteiger charge is 2.14. The lowest BCUT2D eigenvalue weighted by Gasteiger charge is -2.13. The van der Waals surface area contributed by atoms with Crippen LogP contribution in [-0.4, -0.2) is 14.8 Å². The lowest BCUT2D eigenvalue weighted by atomic mass is 10.1. The van der Waals surface area contributed by atoms with Crippen LogP contribution in [0.2, 0.25) is 0 Å². The average molecular weight is 312 g/mol. The minimum Gasteiger partial charge on any atom is -0.305 e. The van der Waals surface area contributed by atoms with Crippen molar-refractivity contribution in [3.05, 3.63) is 63.7 Å². The smallest absolute Gasteiger partial charge is 0.153 e. The fourth-order valence-electron chi connectivity index (χ4n) is 2.50. The van der Waals surface area contributed by atoms with Gasteiger partial charge in [-0.3, -0.25) is 0 Å². The van der Waals surface area contributed by atoms with Crippen LogP contribution in [0, 0.1) is 13.8 Å². The Morgan fingerprint density at radius 1 is 1.23 bits per heavy atom. The number of thiophene rings is 1. The third-order valence-electron chi connectivity index (χ3n) is 3.76. The number of aromatic nitrogens is 3. The zero-order chi connectivity index (χ0) is 15.5. The van der Waals surface area contributed by atoms with Crippen LogP contribution in [0.15, 0.2) is 42.7 Å². The van der Waals surface area contributed by atoms with Crippen LogP contribution >= 0.6 is 11.3 Å². The molecule has 0 fully saturated rings. The molecule has 0 unspecified atom stereocenters. The molecule has 0 saturated carbocycles. The van der Waals surface area contributed by atoms with Crippen molar-refractivity contribution in [1.82, 2.24) is 20.1 Å². The summed E-state index contributed by atoms with van der Waals surface area (Å²) in [5, 5.41) is 8.05. The van der Waals surface area contributed by atoms with Gasteiger partial charge in [-0.15, -0.1) is 11.3 Å². The quantitative estimate of drug-likeness (QED) is 0.779. The van der Waals surface area contributed by atoms with Gasteiger partial charge in [0.25, 0.3) is 0 Å². The Morgan fingerprint density at radius 3 is 2.77 bits per heavy atom. The maximum absolute atomic E-state index is 4.48. The van der Waals surface area contributed by atoms with Gasteiger partial charge in [0.15, 0.2) is 5.82 Å². The molecule has 3 heterocycles. The number of hydrogen-bond acceptors (Lipinski definition) is 4. The van der Waals surface area contributed by atoms with Crippen molar-refractivity contribution < 1.29 is 0 Å². The summed E-state index contributed by atoms with van der Waals surface area (Å²) in [6.45, 7) is 7.28. The van der Waals surface area contributed by atoms with Gasteiger partial charge in [-0.2, -0.15) is 5.10 Å². The Kier molecular flexibility index (Phi) is 4.36. The molecule has 3 rings (SSSR count). The molecule has 0 radical (unpaired) electrons. The highest BCUT2D eigenvalue weighted by atomic mass is 32.1. The SMILES string of the molecule is Cc1ccc(CN[C@H](C)c2cnn(-c3ccccn3)c2C)s1. The summed E-state index contributed by atoms with van der Waals surface area (Å²) in [7, 11) is 0. The van der Waals surface area contributed by atoms with Crippen molar-refractivity contribution in [2.75, 3.05) is 0 Å². The van der Waals surface area contributed by atoms with E-state index >= 15 is 0 Å². The average Bonchev–Trinajstić information content (AvgIpc) is 3.12. The second kappa shape index (κ2) is 6.42. The van der Waals surface area contributed by atoms with Crippen molar-refractivity contribution in [1.29, 1.82) is 0 Å². The van der Waals surface area contributed by atoms with Crippen LogP contribution in [0.5, 0.6) is 0 Å². The number of rotatable bonds is 5. The molecule has 114 valence electrons. The van der Waals surface area contributed by atoms with Gasteiger partial charge in [-0.1, -0.05) is 6.07 Å². The molecule has 3 aromatic rings. The predicted octanol–water partition coefficient (Wildman–Crippen LogP) is 3.80. The Balaban J connectivity index is 1.73. The van der Waals surface area contributed by atoms with Gasteiger partial charge >= 0.3 is 0 Å². The van der Waals surface area contributed by atoms with Crippen LogP contribution in [0.25, 0.3) is 5.82 Å². The van der Waals surface area contributed by atoms with Crippen LogP contribution < -0.4 is 5.32 Å². The standard InChI is InChI=1S/C17H20N4S/c1-12-7-8-15(22-12)10-19-13(2)16-11-20-21(14(16)3)17-6-4-5-9-18-17/h4-9,11,13,19H,10H2,1-3H3/t13-/m1/s1. The lowest BCUT2D eigenvalue weighted by Crippen LogP contribution is -2.18. The molecule has 3 aromatic heterocycles. The Morgan fingerprint density at radius 2 is 2.09 bits per heavy atom. The van der Waals surface area contributed by atoms with Crippen LogP contribution in [0.3, 0.4) is 0 Å². The minimum atomic E-state index is 0.250. The summed E-state index contributed by atoms with van der Waals surface area (Å²) in [4.78, 5) is 7.07. The highest BCUT2D eigenvalue weighted by molar-refractivity contribution is 7.11. The van der Waals surface area contributed by atoms with Crippen molar-refractivity contribution in [3.8, 4) is 5.82 Å². The summed E-state index contributed by atoms with van der Waals surface area (Å²) < 4.78 is 1.89. The number of pyridine rings is 1. The number of nitrogens with one attached hydrogen (secondary N) is 1. The van der Waals surface area contributed by atoms with Crippen molar-refractivity contribution in [2.45, 2.75) is 33.4 Å². The normalized spacial score (nSPS) is 12.5. The second-order valence-corrected chi connectivity index (χ2v) is 6.77. The Hall–Kier alpha value is -1.98. The molecule has 1 atom stereocenters. The topological polar surface area (TPSA) is 42.7 Å². The molecule has 0 aromatic carbocycles. The highest BCUT2D eigenvalue weighted by Crippen LogP contribution is 2.21. The van der Waals surface area contributed by atoms with Crippen LogP contribution in [0.1, 0.15) is 34.0 Å². The first-order chi connectivity index (χ1) is 10.6. The second-order valence-electron chi connectivity index (χ2n) is 5.40. The van der Waals surface area contributed by atoms with Gasteiger partial charge in [0.05, 0.1) is 6.20 Å². The molecule has 4 nitrogen and oxygen atoms in total. The third kappa shape index (κ3) is 3.10. The number of aryl methyl sites for hydroxylation is 1. The zero-order valence-corrected chi connectivity index (χ0v) is 13.9. The Bertz CT molecular complexity index is 745. The fourth-order valence-corrected chi connectivity index (χ4v) is 3.34.